The van der Waals surface area contributed by atoms with Gasteiger partial charge in [-0.25, -0.2) is 0 Å². The van der Waals surface area contributed by atoms with E-state index in [1.807, 2.05) is 12.1 Å². The third-order valence-corrected chi connectivity index (χ3v) is 4.24. The summed E-state index contributed by atoms with van der Waals surface area (Å²) >= 11 is 0. The van der Waals surface area contributed by atoms with Crippen LogP contribution < -0.4 is 10.6 Å². The number of nitrogens with zero attached hydrogens (tertiary/aromatic N) is 1. The van der Waals surface area contributed by atoms with E-state index >= 15 is 0 Å². The molecule has 0 aliphatic carbocycles. The first-order chi connectivity index (χ1) is 10.7. The highest BCUT2D eigenvalue weighted by Crippen LogP contribution is 2.09. The Morgan fingerprint density at radius 2 is 1.96 bits per heavy atom. The number of piperidine rings is 1. The van der Waals surface area contributed by atoms with Gasteiger partial charge in [0.2, 0.25) is 0 Å². The monoisotopic (exact) mass is 375 g/mol. The minimum atomic E-state index is 0. The van der Waals surface area contributed by atoms with Gasteiger partial charge in [0.1, 0.15) is 0 Å². The third kappa shape index (κ3) is 7.39. The lowest BCUT2D eigenvalue weighted by Gasteiger charge is -2.24. The fraction of sp³-hybridized carbons (Fsp3) is 0.611. The number of nitrogens with one attached hydrogen (secondary N) is 2. The van der Waals surface area contributed by atoms with E-state index in [1.54, 1.807) is 0 Å². The standard InChI is InChI=1S/C18H29N3O.2ClH/c1-3-12-21(4-2)14-15-7-9-16(10-8-15)18(22)20-17-6-5-11-19-13-17;;/h7-10,17,19H,3-6,11-14H2,1-2H3,(H,20,22);2*1H/t17-;;/m0../s1. The van der Waals surface area contributed by atoms with Crippen LogP contribution in [0.15, 0.2) is 24.3 Å². The summed E-state index contributed by atoms with van der Waals surface area (Å²) < 4.78 is 0. The Hall–Kier alpha value is -0.810. The van der Waals surface area contributed by atoms with Crippen molar-refractivity contribution in [2.45, 2.75) is 45.7 Å². The Balaban J connectivity index is 0.00000264. The molecular formula is C18H31Cl2N3O. The number of carbonyl (C=O) groups excluding carboxylic acids is 1. The van der Waals surface area contributed by atoms with Gasteiger partial charge in [-0.05, 0) is 56.6 Å². The van der Waals surface area contributed by atoms with Crippen molar-refractivity contribution in [3.05, 3.63) is 35.4 Å². The molecule has 0 radical (unpaired) electrons. The lowest BCUT2D eigenvalue weighted by molar-refractivity contribution is 0.0930. The van der Waals surface area contributed by atoms with Gasteiger partial charge < -0.3 is 10.6 Å². The van der Waals surface area contributed by atoms with Crippen LogP contribution in [0.4, 0.5) is 0 Å². The second-order valence-corrected chi connectivity index (χ2v) is 6.08. The first-order valence-electron chi connectivity index (χ1n) is 8.55. The molecule has 2 rings (SSSR count). The molecule has 0 unspecified atom stereocenters. The average molecular weight is 376 g/mol. The molecule has 2 N–H and O–H groups in total. The summed E-state index contributed by atoms with van der Waals surface area (Å²) in [5.41, 5.74) is 2.03. The molecule has 1 fully saturated rings. The molecule has 1 saturated heterocycles. The van der Waals surface area contributed by atoms with Crippen LogP contribution in [-0.4, -0.2) is 43.0 Å². The van der Waals surface area contributed by atoms with Gasteiger partial charge in [0.05, 0.1) is 0 Å². The molecule has 1 aromatic carbocycles. The van der Waals surface area contributed by atoms with Crippen molar-refractivity contribution < 1.29 is 4.79 Å². The maximum atomic E-state index is 12.3. The second-order valence-electron chi connectivity index (χ2n) is 6.08. The van der Waals surface area contributed by atoms with E-state index in [4.69, 9.17) is 0 Å². The molecule has 6 heteroatoms. The van der Waals surface area contributed by atoms with Crippen LogP contribution in [0.3, 0.4) is 0 Å². The predicted octanol–water partition coefficient (Wildman–Crippen LogP) is 3.24. The van der Waals surface area contributed by atoms with Gasteiger partial charge in [-0.1, -0.05) is 26.0 Å². The lowest BCUT2D eigenvalue weighted by atomic mass is 10.1. The molecule has 1 aliphatic rings. The van der Waals surface area contributed by atoms with E-state index in [9.17, 15) is 4.79 Å². The largest absolute Gasteiger partial charge is 0.348 e. The van der Waals surface area contributed by atoms with Gasteiger partial charge in [0, 0.05) is 24.7 Å². The van der Waals surface area contributed by atoms with Crippen molar-refractivity contribution in [3.8, 4) is 0 Å². The number of benzene rings is 1. The lowest BCUT2D eigenvalue weighted by Crippen LogP contribution is -2.45. The number of hydrogen-bond donors (Lipinski definition) is 2. The normalized spacial score (nSPS) is 16.9. The van der Waals surface area contributed by atoms with Gasteiger partial charge in [-0.3, -0.25) is 9.69 Å². The molecule has 1 aromatic rings. The Bertz CT molecular complexity index is 462. The van der Waals surface area contributed by atoms with Crippen molar-refractivity contribution in [2.75, 3.05) is 26.2 Å². The summed E-state index contributed by atoms with van der Waals surface area (Å²) in [6, 6.07) is 8.31. The van der Waals surface area contributed by atoms with Gasteiger partial charge in [-0.15, -0.1) is 24.8 Å². The molecule has 4 nitrogen and oxygen atoms in total. The summed E-state index contributed by atoms with van der Waals surface area (Å²) in [5, 5.41) is 6.44. The number of rotatable bonds is 7. The molecule has 0 saturated carbocycles. The summed E-state index contributed by atoms with van der Waals surface area (Å²) in [6.45, 7) is 9.47. The molecule has 0 aromatic heterocycles. The van der Waals surface area contributed by atoms with Gasteiger partial charge in [0.15, 0.2) is 0 Å². The van der Waals surface area contributed by atoms with E-state index < -0.39 is 0 Å². The van der Waals surface area contributed by atoms with Crippen LogP contribution in [-0.2, 0) is 6.54 Å². The zero-order valence-corrected chi connectivity index (χ0v) is 16.3. The molecule has 0 bridgehead atoms. The Morgan fingerprint density at radius 1 is 1.25 bits per heavy atom. The molecular weight excluding hydrogens is 345 g/mol. The zero-order valence-electron chi connectivity index (χ0n) is 14.7. The number of amides is 1. The topological polar surface area (TPSA) is 44.4 Å². The van der Waals surface area contributed by atoms with Crippen molar-refractivity contribution in [2.24, 2.45) is 0 Å². The first-order valence-corrected chi connectivity index (χ1v) is 8.55. The highest BCUT2D eigenvalue weighted by atomic mass is 35.5. The fourth-order valence-electron chi connectivity index (χ4n) is 2.93. The van der Waals surface area contributed by atoms with E-state index in [-0.39, 0.29) is 36.8 Å². The number of hydrogen-bond acceptors (Lipinski definition) is 3. The summed E-state index contributed by atoms with van der Waals surface area (Å²) in [5.74, 6) is 0.0427. The maximum Gasteiger partial charge on any atom is 0.251 e. The molecule has 1 heterocycles. The Kier molecular flexibility index (Phi) is 12.1. The van der Waals surface area contributed by atoms with Crippen LogP contribution in [0.5, 0.6) is 0 Å². The second kappa shape index (κ2) is 12.5. The first kappa shape index (κ1) is 23.2. The molecule has 138 valence electrons. The summed E-state index contributed by atoms with van der Waals surface area (Å²) in [6.07, 6.45) is 3.37. The SMILES string of the molecule is CCCN(CC)Cc1ccc(C(=O)N[C@H]2CCCNC2)cc1.Cl.Cl. The zero-order chi connectivity index (χ0) is 15.8. The van der Waals surface area contributed by atoms with Crippen molar-refractivity contribution in [1.82, 2.24) is 15.5 Å². The minimum absolute atomic E-state index is 0. The predicted molar refractivity (Wildman–Crippen MR) is 106 cm³/mol. The molecule has 1 atom stereocenters. The van der Waals surface area contributed by atoms with Gasteiger partial charge in [0.25, 0.3) is 5.91 Å². The number of carbonyl (C=O) groups is 1. The Labute approximate surface area is 158 Å². The van der Waals surface area contributed by atoms with E-state index in [0.717, 1.165) is 51.1 Å². The summed E-state index contributed by atoms with van der Waals surface area (Å²) in [7, 11) is 0. The molecule has 1 aliphatic heterocycles. The maximum absolute atomic E-state index is 12.3. The van der Waals surface area contributed by atoms with Crippen molar-refractivity contribution in [1.29, 1.82) is 0 Å². The quantitative estimate of drug-likeness (QED) is 0.768. The summed E-state index contributed by atoms with van der Waals surface area (Å²) in [4.78, 5) is 14.7. The number of halogens is 2. The van der Waals surface area contributed by atoms with Crippen LogP contribution in [0.25, 0.3) is 0 Å². The molecule has 24 heavy (non-hydrogen) atoms. The van der Waals surface area contributed by atoms with Crippen LogP contribution in [0, 0.1) is 0 Å². The van der Waals surface area contributed by atoms with E-state index in [0.29, 0.717) is 0 Å². The van der Waals surface area contributed by atoms with E-state index in [1.165, 1.54) is 12.0 Å². The molecule has 0 spiro atoms. The van der Waals surface area contributed by atoms with E-state index in [2.05, 4.69) is 41.5 Å². The van der Waals surface area contributed by atoms with Crippen LogP contribution >= 0.6 is 24.8 Å². The van der Waals surface area contributed by atoms with Gasteiger partial charge in [-0.2, -0.15) is 0 Å². The van der Waals surface area contributed by atoms with Crippen LogP contribution in [0.2, 0.25) is 0 Å². The van der Waals surface area contributed by atoms with Crippen molar-refractivity contribution >= 4 is 30.7 Å². The highest BCUT2D eigenvalue weighted by Gasteiger charge is 2.16. The third-order valence-electron chi connectivity index (χ3n) is 4.24. The fourth-order valence-corrected chi connectivity index (χ4v) is 2.93. The van der Waals surface area contributed by atoms with Crippen molar-refractivity contribution in [3.63, 3.8) is 0 Å². The van der Waals surface area contributed by atoms with Crippen LogP contribution in [0.1, 0.15) is 49.0 Å². The molecule has 1 amide bonds. The average Bonchev–Trinajstić information content (AvgIpc) is 2.56. The minimum Gasteiger partial charge on any atom is -0.348 e. The Morgan fingerprint density at radius 3 is 2.50 bits per heavy atom. The smallest absolute Gasteiger partial charge is 0.251 e. The highest BCUT2D eigenvalue weighted by molar-refractivity contribution is 5.94. The van der Waals surface area contributed by atoms with Gasteiger partial charge >= 0.3 is 0 Å².